The smallest absolute Gasteiger partial charge is 0.124 e. The van der Waals surface area contributed by atoms with Gasteiger partial charge in [0, 0.05) is 36.7 Å². The van der Waals surface area contributed by atoms with Crippen LogP contribution in [0.5, 0.6) is 0 Å². The van der Waals surface area contributed by atoms with Crippen molar-refractivity contribution >= 4 is 21.6 Å². The van der Waals surface area contributed by atoms with Crippen molar-refractivity contribution in [1.82, 2.24) is 14.5 Å². The van der Waals surface area contributed by atoms with Crippen LogP contribution in [0.2, 0.25) is 0 Å². The predicted octanol–water partition coefficient (Wildman–Crippen LogP) is 3.17. The van der Waals surface area contributed by atoms with Crippen LogP contribution in [0.15, 0.2) is 41.4 Å². The standard InChI is InChI=1S/C16H21BrN4/c1-19(2)15-7-4-8-20(10-15)13-5-3-6-14(9-13)21-11-16(17)18-12-21/h3,5-6,9,11-12,15H,4,7-8,10H2,1-2H3. The molecule has 1 unspecified atom stereocenters. The number of aromatic nitrogens is 2. The molecule has 0 bridgehead atoms. The molecule has 0 spiro atoms. The molecule has 1 aromatic carbocycles. The number of rotatable bonds is 3. The second-order valence-electron chi connectivity index (χ2n) is 5.83. The molecule has 0 N–H and O–H groups in total. The first-order valence-electron chi connectivity index (χ1n) is 7.35. The van der Waals surface area contributed by atoms with Crippen LogP contribution in [0.25, 0.3) is 5.69 Å². The van der Waals surface area contributed by atoms with E-state index in [2.05, 4.69) is 69.1 Å². The molecule has 5 heteroatoms. The molecule has 2 heterocycles. The van der Waals surface area contributed by atoms with E-state index in [0.29, 0.717) is 6.04 Å². The molecule has 1 aromatic heterocycles. The average Bonchev–Trinajstić information content (AvgIpc) is 2.94. The van der Waals surface area contributed by atoms with Crippen molar-refractivity contribution in [2.75, 3.05) is 32.1 Å². The summed E-state index contributed by atoms with van der Waals surface area (Å²) in [7, 11) is 4.35. The zero-order valence-corrected chi connectivity index (χ0v) is 14.1. The molecular weight excluding hydrogens is 328 g/mol. The third-order valence-electron chi connectivity index (χ3n) is 4.17. The van der Waals surface area contributed by atoms with Gasteiger partial charge < -0.3 is 14.4 Å². The van der Waals surface area contributed by atoms with Gasteiger partial charge in [-0.15, -0.1) is 0 Å². The van der Waals surface area contributed by atoms with E-state index in [1.165, 1.54) is 18.5 Å². The normalized spacial score (nSPS) is 19.2. The SMILES string of the molecule is CN(C)C1CCCN(c2cccc(-n3cnc(Br)c3)c2)C1. The van der Waals surface area contributed by atoms with E-state index < -0.39 is 0 Å². The molecule has 21 heavy (non-hydrogen) atoms. The number of hydrogen-bond acceptors (Lipinski definition) is 3. The molecule has 4 nitrogen and oxygen atoms in total. The number of likely N-dealkylation sites (N-methyl/N-ethyl adjacent to an activating group) is 1. The lowest BCUT2D eigenvalue weighted by Crippen LogP contribution is -2.45. The Kier molecular flexibility index (Phi) is 4.31. The van der Waals surface area contributed by atoms with Gasteiger partial charge in [-0.2, -0.15) is 0 Å². The van der Waals surface area contributed by atoms with Gasteiger partial charge in [-0.25, -0.2) is 4.98 Å². The van der Waals surface area contributed by atoms with Gasteiger partial charge in [0.2, 0.25) is 0 Å². The summed E-state index contributed by atoms with van der Waals surface area (Å²) in [4.78, 5) is 9.06. The first-order chi connectivity index (χ1) is 10.1. The second-order valence-corrected chi connectivity index (χ2v) is 6.64. The van der Waals surface area contributed by atoms with E-state index in [1.807, 2.05) is 17.1 Å². The number of halogens is 1. The lowest BCUT2D eigenvalue weighted by atomic mass is 10.0. The Morgan fingerprint density at radius 2 is 2.10 bits per heavy atom. The van der Waals surface area contributed by atoms with Crippen LogP contribution in [0, 0.1) is 0 Å². The average molecular weight is 349 g/mol. The lowest BCUT2D eigenvalue weighted by Gasteiger charge is -2.37. The highest BCUT2D eigenvalue weighted by Gasteiger charge is 2.21. The second kappa shape index (κ2) is 6.20. The number of hydrogen-bond donors (Lipinski definition) is 0. The van der Waals surface area contributed by atoms with Crippen LogP contribution in [0.4, 0.5) is 5.69 Å². The molecule has 3 rings (SSSR count). The summed E-state index contributed by atoms with van der Waals surface area (Å²) < 4.78 is 2.90. The van der Waals surface area contributed by atoms with Crippen molar-refractivity contribution in [3.05, 3.63) is 41.4 Å². The van der Waals surface area contributed by atoms with Gasteiger partial charge in [0.25, 0.3) is 0 Å². The molecule has 112 valence electrons. The number of imidazole rings is 1. The first kappa shape index (κ1) is 14.6. The summed E-state index contributed by atoms with van der Waals surface area (Å²) in [5.41, 5.74) is 2.45. The third-order valence-corrected chi connectivity index (χ3v) is 4.58. The van der Waals surface area contributed by atoms with E-state index in [0.717, 1.165) is 23.4 Å². The highest BCUT2D eigenvalue weighted by molar-refractivity contribution is 9.10. The van der Waals surface area contributed by atoms with E-state index in [-0.39, 0.29) is 0 Å². The number of anilines is 1. The molecule has 1 saturated heterocycles. The summed E-state index contributed by atoms with van der Waals surface area (Å²) >= 11 is 3.40. The topological polar surface area (TPSA) is 24.3 Å². The zero-order valence-electron chi connectivity index (χ0n) is 12.5. The fourth-order valence-corrected chi connectivity index (χ4v) is 3.21. The van der Waals surface area contributed by atoms with Crippen LogP contribution >= 0.6 is 15.9 Å². The molecule has 1 fully saturated rings. The van der Waals surface area contributed by atoms with Crippen molar-refractivity contribution in [3.63, 3.8) is 0 Å². The Bertz CT molecular complexity index is 608. The predicted molar refractivity (Wildman–Crippen MR) is 90.2 cm³/mol. The minimum absolute atomic E-state index is 0.643. The van der Waals surface area contributed by atoms with E-state index in [4.69, 9.17) is 0 Å². The summed E-state index contributed by atoms with van der Waals surface area (Å²) in [6.07, 6.45) is 6.36. The highest BCUT2D eigenvalue weighted by atomic mass is 79.9. The minimum atomic E-state index is 0.643. The van der Waals surface area contributed by atoms with Crippen LogP contribution in [-0.2, 0) is 0 Å². The monoisotopic (exact) mass is 348 g/mol. The van der Waals surface area contributed by atoms with Gasteiger partial charge in [0.05, 0.1) is 0 Å². The van der Waals surface area contributed by atoms with Gasteiger partial charge in [-0.3, -0.25) is 0 Å². The number of benzene rings is 1. The Morgan fingerprint density at radius 1 is 1.29 bits per heavy atom. The van der Waals surface area contributed by atoms with Crippen LogP contribution < -0.4 is 4.90 Å². The first-order valence-corrected chi connectivity index (χ1v) is 8.14. The molecule has 0 aliphatic carbocycles. The van der Waals surface area contributed by atoms with Crippen molar-refractivity contribution < 1.29 is 0 Å². The summed E-state index contributed by atoms with van der Waals surface area (Å²) in [6, 6.07) is 9.33. The summed E-state index contributed by atoms with van der Waals surface area (Å²) in [5.74, 6) is 0. The van der Waals surface area contributed by atoms with Crippen LogP contribution in [0.3, 0.4) is 0 Å². The molecule has 0 amide bonds. The maximum absolute atomic E-state index is 4.23. The largest absolute Gasteiger partial charge is 0.370 e. The molecule has 0 saturated carbocycles. The zero-order chi connectivity index (χ0) is 14.8. The molecule has 1 aliphatic heterocycles. The fourth-order valence-electron chi connectivity index (χ4n) is 2.90. The Hall–Kier alpha value is -1.33. The van der Waals surface area contributed by atoms with Crippen LogP contribution in [-0.4, -0.2) is 47.7 Å². The van der Waals surface area contributed by atoms with Crippen LogP contribution in [0.1, 0.15) is 12.8 Å². The summed E-state index contributed by atoms with van der Waals surface area (Å²) in [5, 5.41) is 0. The lowest BCUT2D eigenvalue weighted by molar-refractivity contribution is 0.258. The third kappa shape index (κ3) is 3.30. The number of piperidine rings is 1. The van der Waals surface area contributed by atoms with Gasteiger partial charge in [0.15, 0.2) is 0 Å². The van der Waals surface area contributed by atoms with Crippen molar-refractivity contribution in [2.45, 2.75) is 18.9 Å². The summed E-state index contributed by atoms with van der Waals surface area (Å²) in [6.45, 7) is 2.24. The highest BCUT2D eigenvalue weighted by Crippen LogP contribution is 2.24. The van der Waals surface area contributed by atoms with E-state index in [9.17, 15) is 0 Å². The van der Waals surface area contributed by atoms with E-state index >= 15 is 0 Å². The Labute approximate surface area is 134 Å². The molecular formula is C16H21BrN4. The van der Waals surface area contributed by atoms with Gasteiger partial charge in [-0.05, 0) is 61.1 Å². The van der Waals surface area contributed by atoms with Crippen molar-refractivity contribution in [2.24, 2.45) is 0 Å². The Morgan fingerprint density at radius 3 is 2.81 bits per heavy atom. The molecule has 2 aromatic rings. The molecule has 0 radical (unpaired) electrons. The van der Waals surface area contributed by atoms with Crippen molar-refractivity contribution in [1.29, 1.82) is 0 Å². The van der Waals surface area contributed by atoms with Crippen molar-refractivity contribution in [3.8, 4) is 5.69 Å². The number of nitrogens with zero attached hydrogens (tertiary/aromatic N) is 4. The maximum Gasteiger partial charge on any atom is 0.124 e. The van der Waals surface area contributed by atoms with Gasteiger partial charge >= 0.3 is 0 Å². The molecule has 1 atom stereocenters. The molecule has 1 aliphatic rings. The quantitative estimate of drug-likeness (QED) is 0.851. The fraction of sp³-hybridized carbons (Fsp3) is 0.438. The van der Waals surface area contributed by atoms with E-state index in [1.54, 1.807) is 0 Å². The minimum Gasteiger partial charge on any atom is -0.370 e. The van der Waals surface area contributed by atoms with Gasteiger partial charge in [0.1, 0.15) is 10.9 Å². The van der Waals surface area contributed by atoms with Gasteiger partial charge in [-0.1, -0.05) is 6.07 Å². The Balaban J connectivity index is 1.82. The maximum atomic E-state index is 4.23.